The number of halogens is 1. The molecule has 2 rings (SSSR count). The molecule has 0 radical (unpaired) electrons. The van der Waals surface area contributed by atoms with Crippen LogP contribution in [-0.4, -0.2) is 85.6 Å². The van der Waals surface area contributed by atoms with E-state index in [0.717, 1.165) is 26.1 Å². The highest BCUT2D eigenvalue weighted by Crippen LogP contribution is 2.11. The first kappa shape index (κ1) is 21.9. The zero-order valence-corrected chi connectivity index (χ0v) is 16.8. The number of carbonyl (C=O) groups is 2. The number of ether oxygens (including phenoxy) is 1. The molecule has 0 spiro atoms. The molecule has 7 nitrogen and oxygen atoms in total. The van der Waals surface area contributed by atoms with Gasteiger partial charge in [0.25, 0.3) is 0 Å². The minimum absolute atomic E-state index is 0.136. The van der Waals surface area contributed by atoms with E-state index in [2.05, 4.69) is 10.2 Å². The number of nitrogens with zero attached hydrogens (tertiary/aromatic N) is 3. The number of benzene rings is 1. The second-order valence-electron chi connectivity index (χ2n) is 6.72. The summed E-state index contributed by atoms with van der Waals surface area (Å²) >= 11 is 0. The van der Waals surface area contributed by atoms with Crippen molar-refractivity contribution in [3.05, 3.63) is 30.1 Å². The van der Waals surface area contributed by atoms with Crippen LogP contribution in [0.15, 0.2) is 24.3 Å². The number of carbonyl (C=O) groups excluding carboxylic acids is 2. The maximum absolute atomic E-state index is 13.1. The fourth-order valence-electron chi connectivity index (χ4n) is 3.20. The lowest BCUT2D eigenvalue weighted by Crippen LogP contribution is -2.44. The number of urea groups is 1. The van der Waals surface area contributed by atoms with Crippen LogP contribution in [0.25, 0.3) is 0 Å². The maximum atomic E-state index is 13.1. The summed E-state index contributed by atoms with van der Waals surface area (Å²) in [5.41, 5.74) is 0. The minimum atomic E-state index is -0.352. The highest BCUT2D eigenvalue weighted by molar-refractivity contribution is 5.78. The fourth-order valence-corrected chi connectivity index (χ4v) is 3.20. The number of rotatable bonds is 8. The summed E-state index contributed by atoms with van der Waals surface area (Å²) < 4.78 is 18.5. The summed E-state index contributed by atoms with van der Waals surface area (Å²) in [5, 5.41) is 2.83. The highest BCUT2D eigenvalue weighted by Gasteiger charge is 2.21. The summed E-state index contributed by atoms with van der Waals surface area (Å²) in [4.78, 5) is 30.3. The van der Waals surface area contributed by atoms with Crippen LogP contribution < -0.4 is 10.1 Å². The molecule has 0 bridgehead atoms. The zero-order chi connectivity index (χ0) is 20.4. The predicted octanol–water partition coefficient (Wildman–Crippen LogP) is 1.79. The monoisotopic (exact) mass is 394 g/mol. The second-order valence-corrected chi connectivity index (χ2v) is 6.72. The SMILES string of the molecule is CCN(CC)C(=O)CN1CCCN(C(=O)NCCOc2cccc(F)c2)CC1. The van der Waals surface area contributed by atoms with Crippen LogP contribution in [0.5, 0.6) is 5.75 Å². The number of likely N-dealkylation sites (N-methyl/N-ethyl adjacent to an activating group) is 1. The van der Waals surface area contributed by atoms with Gasteiger partial charge in [-0.3, -0.25) is 9.69 Å². The zero-order valence-electron chi connectivity index (χ0n) is 16.8. The van der Waals surface area contributed by atoms with Gasteiger partial charge in [0.1, 0.15) is 18.2 Å². The third kappa shape index (κ3) is 6.99. The molecule has 3 amide bonds. The van der Waals surface area contributed by atoms with Crippen molar-refractivity contribution in [2.45, 2.75) is 20.3 Å². The summed E-state index contributed by atoms with van der Waals surface area (Å²) in [6.07, 6.45) is 0.832. The Morgan fingerprint density at radius 3 is 2.68 bits per heavy atom. The molecule has 156 valence electrons. The summed E-state index contributed by atoms with van der Waals surface area (Å²) in [6.45, 7) is 9.14. The van der Waals surface area contributed by atoms with Crippen molar-refractivity contribution in [1.29, 1.82) is 0 Å². The van der Waals surface area contributed by atoms with Crippen molar-refractivity contribution >= 4 is 11.9 Å². The van der Waals surface area contributed by atoms with Crippen LogP contribution in [0, 0.1) is 5.82 Å². The Bertz CT molecular complexity index is 640. The first-order valence-electron chi connectivity index (χ1n) is 9.94. The van der Waals surface area contributed by atoms with Crippen molar-refractivity contribution in [2.24, 2.45) is 0 Å². The molecule has 1 saturated heterocycles. The lowest BCUT2D eigenvalue weighted by molar-refractivity contribution is -0.132. The first-order valence-corrected chi connectivity index (χ1v) is 9.94. The molecule has 0 atom stereocenters. The molecular formula is C20H31FN4O3. The van der Waals surface area contributed by atoms with Gasteiger partial charge in [-0.15, -0.1) is 0 Å². The van der Waals surface area contributed by atoms with E-state index in [9.17, 15) is 14.0 Å². The quantitative estimate of drug-likeness (QED) is 0.683. The normalized spacial score (nSPS) is 15.0. The van der Waals surface area contributed by atoms with Crippen LogP contribution >= 0.6 is 0 Å². The molecule has 8 heteroatoms. The topological polar surface area (TPSA) is 65.1 Å². The van der Waals surface area contributed by atoms with E-state index >= 15 is 0 Å². The van der Waals surface area contributed by atoms with Crippen LogP contribution in [-0.2, 0) is 4.79 Å². The Hall–Kier alpha value is -2.35. The van der Waals surface area contributed by atoms with Crippen LogP contribution in [0.3, 0.4) is 0 Å². The van der Waals surface area contributed by atoms with Crippen molar-refractivity contribution in [3.8, 4) is 5.75 Å². The van der Waals surface area contributed by atoms with Crippen LogP contribution in [0.1, 0.15) is 20.3 Å². The molecule has 1 aromatic carbocycles. The van der Waals surface area contributed by atoms with Crippen molar-refractivity contribution in [2.75, 3.05) is 59.0 Å². The lowest BCUT2D eigenvalue weighted by atomic mass is 10.3. The van der Waals surface area contributed by atoms with Gasteiger partial charge in [0.2, 0.25) is 5.91 Å². The van der Waals surface area contributed by atoms with E-state index in [0.29, 0.717) is 38.5 Å². The van der Waals surface area contributed by atoms with E-state index in [-0.39, 0.29) is 24.4 Å². The van der Waals surface area contributed by atoms with Crippen LogP contribution in [0.4, 0.5) is 9.18 Å². The summed E-state index contributed by atoms with van der Waals surface area (Å²) in [5.74, 6) is 0.227. The van der Waals surface area contributed by atoms with Gasteiger partial charge in [0.05, 0.1) is 13.1 Å². The third-order valence-corrected chi connectivity index (χ3v) is 4.79. The fraction of sp³-hybridized carbons (Fsp3) is 0.600. The maximum Gasteiger partial charge on any atom is 0.317 e. The van der Waals surface area contributed by atoms with Gasteiger partial charge < -0.3 is 19.9 Å². The second kappa shape index (κ2) is 11.5. The Balaban J connectivity index is 1.69. The number of hydrogen-bond acceptors (Lipinski definition) is 4. The first-order chi connectivity index (χ1) is 13.5. The van der Waals surface area contributed by atoms with Gasteiger partial charge in [0, 0.05) is 45.3 Å². The lowest BCUT2D eigenvalue weighted by Gasteiger charge is -2.25. The molecule has 1 aliphatic heterocycles. The summed E-state index contributed by atoms with van der Waals surface area (Å²) in [7, 11) is 0. The van der Waals surface area contributed by atoms with Crippen molar-refractivity contribution in [3.63, 3.8) is 0 Å². The van der Waals surface area contributed by atoms with Gasteiger partial charge in [-0.05, 0) is 32.4 Å². The molecule has 0 aromatic heterocycles. The molecule has 0 saturated carbocycles. The Morgan fingerprint density at radius 1 is 1.18 bits per heavy atom. The molecule has 28 heavy (non-hydrogen) atoms. The van der Waals surface area contributed by atoms with Crippen molar-refractivity contribution < 1.29 is 18.7 Å². The molecule has 0 aliphatic carbocycles. The van der Waals surface area contributed by atoms with Crippen molar-refractivity contribution in [1.82, 2.24) is 20.0 Å². The molecule has 1 heterocycles. The van der Waals surface area contributed by atoms with E-state index in [4.69, 9.17) is 4.74 Å². The Labute approximate surface area is 166 Å². The highest BCUT2D eigenvalue weighted by atomic mass is 19.1. The van der Waals surface area contributed by atoms with Gasteiger partial charge in [-0.1, -0.05) is 6.07 Å². The molecule has 1 fully saturated rings. The predicted molar refractivity (Wildman–Crippen MR) is 106 cm³/mol. The Morgan fingerprint density at radius 2 is 1.96 bits per heavy atom. The van der Waals surface area contributed by atoms with E-state index in [1.807, 2.05) is 18.7 Å². The number of amides is 3. The van der Waals surface area contributed by atoms with E-state index < -0.39 is 0 Å². The van der Waals surface area contributed by atoms with Crippen LogP contribution in [0.2, 0.25) is 0 Å². The molecular weight excluding hydrogens is 363 g/mol. The average Bonchev–Trinajstić information content (AvgIpc) is 2.92. The standard InChI is InChI=1S/C20H31FN4O3/c1-3-24(4-2)19(26)16-23-10-6-11-25(13-12-23)20(27)22-9-14-28-18-8-5-7-17(21)15-18/h5,7-8,15H,3-4,6,9-14,16H2,1-2H3,(H,22,27). The molecule has 1 N–H and O–H groups in total. The number of hydrogen-bond donors (Lipinski definition) is 1. The van der Waals surface area contributed by atoms with E-state index in [1.54, 1.807) is 17.0 Å². The average molecular weight is 394 g/mol. The third-order valence-electron chi connectivity index (χ3n) is 4.79. The van der Waals surface area contributed by atoms with Gasteiger partial charge in [-0.25, -0.2) is 9.18 Å². The summed E-state index contributed by atoms with van der Waals surface area (Å²) in [6, 6.07) is 5.78. The van der Waals surface area contributed by atoms with Gasteiger partial charge in [0.15, 0.2) is 0 Å². The largest absolute Gasteiger partial charge is 0.492 e. The molecule has 1 aromatic rings. The smallest absolute Gasteiger partial charge is 0.317 e. The van der Waals surface area contributed by atoms with E-state index in [1.165, 1.54) is 12.1 Å². The molecule has 0 unspecified atom stereocenters. The van der Waals surface area contributed by atoms with Gasteiger partial charge in [-0.2, -0.15) is 0 Å². The minimum Gasteiger partial charge on any atom is -0.492 e. The molecule has 1 aliphatic rings. The number of nitrogens with one attached hydrogen (secondary N) is 1. The van der Waals surface area contributed by atoms with Gasteiger partial charge >= 0.3 is 6.03 Å². The Kier molecular flexibility index (Phi) is 9.00.